The average molecular weight is 357 g/mol. The molecule has 0 spiro atoms. The molecule has 1 aromatic carbocycles. The first-order valence-electron chi connectivity index (χ1n) is 7.15. The van der Waals surface area contributed by atoms with Gasteiger partial charge in [0.2, 0.25) is 17.6 Å². The molecular formula is C15H21ClN4O4. The zero-order valence-electron chi connectivity index (χ0n) is 13.5. The summed E-state index contributed by atoms with van der Waals surface area (Å²) in [7, 11) is 1.53. The monoisotopic (exact) mass is 356 g/mol. The van der Waals surface area contributed by atoms with Crippen molar-refractivity contribution < 1.29 is 18.8 Å². The molecule has 3 N–H and O–H groups in total. The van der Waals surface area contributed by atoms with Crippen molar-refractivity contribution in [1.82, 2.24) is 10.1 Å². The molecule has 0 aliphatic carbocycles. The van der Waals surface area contributed by atoms with Crippen LogP contribution in [0.1, 0.15) is 18.1 Å². The van der Waals surface area contributed by atoms with Crippen molar-refractivity contribution in [2.24, 2.45) is 5.73 Å². The van der Waals surface area contributed by atoms with Crippen molar-refractivity contribution in [2.75, 3.05) is 19.0 Å². The molecule has 0 saturated heterocycles. The fourth-order valence-corrected chi connectivity index (χ4v) is 1.86. The fraction of sp³-hybridized carbons (Fsp3) is 0.400. The van der Waals surface area contributed by atoms with Gasteiger partial charge in [0.1, 0.15) is 5.75 Å². The quantitative estimate of drug-likeness (QED) is 0.739. The summed E-state index contributed by atoms with van der Waals surface area (Å²) >= 11 is 0. The SMILES string of the molecule is COC(CN)CC(=O)Nc1ccc(OCc2noc(C)n2)cc1.Cl. The van der Waals surface area contributed by atoms with Gasteiger partial charge in [0.05, 0.1) is 12.5 Å². The summed E-state index contributed by atoms with van der Waals surface area (Å²) < 4.78 is 15.5. The van der Waals surface area contributed by atoms with E-state index in [1.54, 1.807) is 31.2 Å². The molecule has 2 aromatic rings. The number of nitrogens with two attached hydrogens (primary N) is 1. The lowest BCUT2D eigenvalue weighted by atomic mass is 10.2. The van der Waals surface area contributed by atoms with Crippen LogP contribution in [0.2, 0.25) is 0 Å². The van der Waals surface area contributed by atoms with E-state index in [2.05, 4.69) is 15.5 Å². The molecule has 0 saturated carbocycles. The van der Waals surface area contributed by atoms with Crippen molar-refractivity contribution in [3.63, 3.8) is 0 Å². The number of aryl methyl sites for hydroxylation is 1. The first-order valence-corrected chi connectivity index (χ1v) is 7.15. The van der Waals surface area contributed by atoms with Gasteiger partial charge in [-0.3, -0.25) is 4.79 Å². The highest BCUT2D eigenvalue weighted by molar-refractivity contribution is 5.91. The minimum Gasteiger partial charge on any atom is -0.485 e. The molecule has 1 aromatic heterocycles. The number of nitrogens with zero attached hydrogens (tertiary/aromatic N) is 2. The normalized spacial score (nSPS) is 11.5. The highest BCUT2D eigenvalue weighted by atomic mass is 35.5. The predicted octanol–water partition coefficient (Wildman–Crippen LogP) is 1.68. The molecule has 1 unspecified atom stereocenters. The molecule has 1 atom stereocenters. The van der Waals surface area contributed by atoms with Crippen molar-refractivity contribution in [3.05, 3.63) is 36.0 Å². The van der Waals surface area contributed by atoms with Gasteiger partial charge >= 0.3 is 0 Å². The van der Waals surface area contributed by atoms with Crippen LogP contribution < -0.4 is 15.8 Å². The number of carbonyl (C=O) groups is 1. The molecule has 0 radical (unpaired) electrons. The third kappa shape index (κ3) is 6.15. The second-order valence-corrected chi connectivity index (χ2v) is 4.89. The van der Waals surface area contributed by atoms with E-state index in [9.17, 15) is 4.79 Å². The zero-order valence-corrected chi connectivity index (χ0v) is 14.3. The second kappa shape index (κ2) is 9.86. The fourth-order valence-electron chi connectivity index (χ4n) is 1.86. The Morgan fingerprint density at radius 2 is 2.08 bits per heavy atom. The van der Waals surface area contributed by atoms with Crippen molar-refractivity contribution in [1.29, 1.82) is 0 Å². The number of carbonyl (C=O) groups excluding carboxylic acids is 1. The first-order chi connectivity index (χ1) is 11.1. The van der Waals surface area contributed by atoms with E-state index in [0.717, 1.165) is 0 Å². The van der Waals surface area contributed by atoms with E-state index in [1.165, 1.54) is 7.11 Å². The van der Waals surface area contributed by atoms with Crippen LogP contribution in [0.15, 0.2) is 28.8 Å². The summed E-state index contributed by atoms with van der Waals surface area (Å²) in [6, 6.07) is 7.00. The smallest absolute Gasteiger partial charge is 0.227 e. The minimum absolute atomic E-state index is 0. The van der Waals surface area contributed by atoms with Gasteiger partial charge in [0, 0.05) is 26.3 Å². The van der Waals surface area contributed by atoms with Gasteiger partial charge in [-0.2, -0.15) is 4.98 Å². The Morgan fingerprint density at radius 1 is 1.38 bits per heavy atom. The minimum atomic E-state index is -0.281. The highest BCUT2D eigenvalue weighted by Gasteiger charge is 2.11. The summed E-state index contributed by atoms with van der Waals surface area (Å²) in [4.78, 5) is 15.9. The molecule has 8 nitrogen and oxygen atoms in total. The number of amides is 1. The number of rotatable bonds is 8. The molecule has 2 rings (SSSR count). The molecule has 24 heavy (non-hydrogen) atoms. The number of aromatic nitrogens is 2. The van der Waals surface area contributed by atoms with E-state index < -0.39 is 0 Å². The zero-order chi connectivity index (χ0) is 16.7. The van der Waals surface area contributed by atoms with Crippen LogP contribution in [0.25, 0.3) is 0 Å². The van der Waals surface area contributed by atoms with Gasteiger partial charge < -0.3 is 25.0 Å². The topological polar surface area (TPSA) is 112 Å². The lowest BCUT2D eigenvalue weighted by Crippen LogP contribution is -2.28. The third-order valence-electron chi connectivity index (χ3n) is 3.08. The number of hydrogen-bond donors (Lipinski definition) is 2. The molecule has 0 fully saturated rings. The Labute approximate surface area is 146 Å². The van der Waals surface area contributed by atoms with Crippen LogP contribution in [0, 0.1) is 6.92 Å². The Hall–Kier alpha value is -2.16. The van der Waals surface area contributed by atoms with Gasteiger partial charge in [-0.25, -0.2) is 0 Å². The van der Waals surface area contributed by atoms with Crippen LogP contribution in [0.3, 0.4) is 0 Å². The predicted molar refractivity (Wildman–Crippen MR) is 90.2 cm³/mol. The average Bonchev–Trinajstić information content (AvgIpc) is 2.97. The van der Waals surface area contributed by atoms with Gasteiger partial charge in [0.15, 0.2) is 6.61 Å². The lowest BCUT2D eigenvalue weighted by Gasteiger charge is -2.12. The van der Waals surface area contributed by atoms with E-state index in [1.807, 2.05) is 0 Å². The van der Waals surface area contributed by atoms with Gasteiger partial charge in [-0.05, 0) is 24.3 Å². The Kier molecular flexibility index (Phi) is 8.17. The van der Waals surface area contributed by atoms with E-state index in [0.29, 0.717) is 29.7 Å². The third-order valence-corrected chi connectivity index (χ3v) is 3.08. The van der Waals surface area contributed by atoms with Gasteiger partial charge in [-0.15, -0.1) is 12.4 Å². The summed E-state index contributed by atoms with van der Waals surface area (Å²) in [5.41, 5.74) is 6.16. The Morgan fingerprint density at radius 3 is 2.62 bits per heavy atom. The maximum Gasteiger partial charge on any atom is 0.227 e. The number of methoxy groups -OCH3 is 1. The number of nitrogens with one attached hydrogen (secondary N) is 1. The summed E-state index contributed by atoms with van der Waals surface area (Å²) in [5, 5.41) is 6.52. The van der Waals surface area contributed by atoms with E-state index in [4.69, 9.17) is 19.7 Å². The van der Waals surface area contributed by atoms with E-state index in [-0.39, 0.29) is 37.4 Å². The standard InChI is InChI=1S/C15H20N4O4.ClH/c1-10-17-14(19-23-10)9-22-12-5-3-11(4-6-12)18-15(20)7-13(8-16)21-2;/h3-6,13H,7-9,16H2,1-2H3,(H,18,20);1H. The van der Waals surface area contributed by atoms with Gasteiger partial charge in [-0.1, -0.05) is 5.16 Å². The first kappa shape index (κ1) is 19.9. The molecular weight excluding hydrogens is 336 g/mol. The van der Waals surface area contributed by atoms with Crippen LogP contribution in [0.4, 0.5) is 5.69 Å². The number of hydrogen-bond acceptors (Lipinski definition) is 7. The Balaban J connectivity index is 0.00000288. The molecule has 1 heterocycles. The largest absolute Gasteiger partial charge is 0.485 e. The second-order valence-electron chi connectivity index (χ2n) is 4.89. The maximum absolute atomic E-state index is 11.8. The summed E-state index contributed by atoms with van der Waals surface area (Å²) in [5.74, 6) is 1.46. The summed E-state index contributed by atoms with van der Waals surface area (Å²) in [6.07, 6.45) is -0.0707. The van der Waals surface area contributed by atoms with Crippen molar-refractivity contribution in [2.45, 2.75) is 26.1 Å². The number of halogens is 1. The highest BCUT2D eigenvalue weighted by Crippen LogP contribution is 2.17. The van der Waals surface area contributed by atoms with Crippen LogP contribution in [0.5, 0.6) is 5.75 Å². The molecule has 9 heteroatoms. The van der Waals surface area contributed by atoms with Crippen LogP contribution in [-0.4, -0.2) is 35.8 Å². The van der Waals surface area contributed by atoms with Crippen molar-refractivity contribution >= 4 is 24.0 Å². The lowest BCUT2D eigenvalue weighted by molar-refractivity contribution is -0.118. The van der Waals surface area contributed by atoms with Crippen molar-refractivity contribution in [3.8, 4) is 5.75 Å². The number of ether oxygens (including phenoxy) is 2. The molecule has 0 bridgehead atoms. The van der Waals surface area contributed by atoms with Crippen LogP contribution in [-0.2, 0) is 16.1 Å². The molecule has 132 valence electrons. The number of benzene rings is 1. The van der Waals surface area contributed by atoms with Crippen LogP contribution >= 0.6 is 12.4 Å². The number of anilines is 1. The molecule has 1 amide bonds. The summed E-state index contributed by atoms with van der Waals surface area (Å²) in [6.45, 7) is 2.23. The molecule has 0 aliphatic heterocycles. The Bertz CT molecular complexity index is 629. The maximum atomic E-state index is 11.8. The van der Waals surface area contributed by atoms with Gasteiger partial charge in [0.25, 0.3) is 0 Å². The molecule has 0 aliphatic rings. The van der Waals surface area contributed by atoms with E-state index >= 15 is 0 Å².